The first-order valence-corrected chi connectivity index (χ1v) is 4.90. The van der Waals surface area contributed by atoms with Gasteiger partial charge in [0.1, 0.15) is 12.9 Å². The Bertz CT molecular complexity index is 312. The normalized spacial score (nSPS) is 11.4. The third-order valence-corrected chi connectivity index (χ3v) is 2.48. The van der Waals surface area contributed by atoms with Crippen LogP contribution in [0.25, 0.3) is 0 Å². The molecule has 0 aliphatic carbocycles. The Hall–Kier alpha value is -1.09. The highest BCUT2D eigenvalue weighted by Crippen LogP contribution is 2.21. The summed E-state index contributed by atoms with van der Waals surface area (Å²) in [7, 11) is 0. The molecule has 3 heteroatoms. The molecule has 0 aliphatic rings. The molecular formula is C10H12O2S. The third kappa shape index (κ3) is 3.42. The van der Waals surface area contributed by atoms with Gasteiger partial charge in [-0.3, -0.25) is 4.79 Å². The van der Waals surface area contributed by atoms with Gasteiger partial charge in [0.25, 0.3) is 0 Å². The average molecular weight is 196 g/mol. The van der Waals surface area contributed by atoms with E-state index in [1.54, 1.807) is 24.3 Å². The first-order chi connectivity index (χ1) is 6.22. The number of hydrogen-bond donors (Lipinski definition) is 0. The number of carbonyl (C=O) groups is 1. The van der Waals surface area contributed by atoms with E-state index >= 15 is 0 Å². The number of aldehydes is 1. The summed E-state index contributed by atoms with van der Waals surface area (Å²) >= 11 is 1.57. The predicted octanol–water partition coefficient (Wildman–Crippen LogP) is 2.58. The Morgan fingerprint density at radius 1 is 1.69 bits per heavy atom. The van der Waals surface area contributed by atoms with Gasteiger partial charge in [-0.1, -0.05) is 0 Å². The van der Waals surface area contributed by atoms with Gasteiger partial charge >= 0.3 is 0 Å². The number of rotatable bonds is 4. The van der Waals surface area contributed by atoms with E-state index in [4.69, 9.17) is 4.74 Å². The zero-order chi connectivity index (χ0) is 9.68. The smallest absolute Gasteiger partial charge is 0.174 e. The van der Waals surface area contributed by atoms with E-state index in [0.29, 0.717) is 12.2 Å². The van der Waals surface area contributed by atoms with E-state index in [9.17, 15) is 4.79 Å². The number of thiophene rings is 1. The second-order valence-electron chi connectivity index (χ2n) is 2.82. The van der Waals surface area contributed by atoms with Crippen molar-refractivity contribution in [2.24, 2.45) is 0 Å². The molecule has 1 heterocycles. The van der Waals surface area contributed by atoms with Crippen molar-refractivity contribution >= 4 is 17.6 Å². The minimum Gasteiger partial charge on any atom is -0.480 e. The summed E-state index contributed by atoms with van der Waals surface area (Å²) in [6, 6.07) is 1.98. The van der Waals surface area contributed by atoms with E-state index < -0.39 is 0 Å². The van der Waals surface area contributed by atoms with E-state index in [1.807, 2.05) is 18.4 Å². The summed E-state index contributed by atoms with van der Waals surface area (Å²) in [5.74, 6) is 0. The van der Waals surface area contributed by atoms with Crippen LogP contribution in [0.1, 0.15) is 12.5 Å². The molecule has 0 bridgehead atoms. The largest absolute Gasteiger partial charge is 0.480 e. The van der Waals surface area contributed by atoms with E-state index in [2.05, 4.69) is 0 Å². The van der Waals surface area contributed by atoms with Crippen LogP contribution < -0.4 is 4.74 Å². The quantitative estimate of drug-likeness (QED) is 0.546. The topological polar surface area (TPSA) is 26.3 Å². The maximum Gasteiger partial charge on any atom is 0.174 e. The number of ether oxygens (including phenoxy) is 1. The highest BCUT2D eigenvalue weighted by molar-refractivity contribution is 7.12. The summed E-state index contributed by atoms with van der Waals surface area (Å²) in [5, 5.41) is 2.93. The van der Waals surface area contributed by atoms with E-state index in [-0.39, 0.29) is 0 Å². The molecular weight excluding hydrogens is 184 g/mol. The molecule has 0 saturated carbocycles. The van der Waals surface area contributed by atoms with Crippen molar-refractivity contribution in [2.45, 2.75) is 13.8 Å². The first kappa shape index (κ1) is 9.99. The highest BCUT2D eigenvalue weighted by Gasteiger charge is 1.94. The van der Waals surface area contributed by atoms with Crippen molar-refractivity contribution in [2.75, 3.05) is 6.61 Å². The van der Waals surface area contributed by atoms with Crippen LogP contribution in [0.3, 0.4) is 0 Å². The lowest BCUT2D eigenvalue weighted by atomic mass is 10.3. The van der Waals surface area contributed by atoms with Gasteiger partial charge in [-0.25, -0.2) is 0 Å². The molecule has 0 aliphatic heterocycles. The molecule has 0 radical (unpaired) electrons. The molecule has 1 aromatic rings. The van der Waals surface area contributed by atoms with Crippen LogP contribution in [0.15, 0.2) is 23.1 Å². The maximum atomic E-state index is 10.2. The Morgan fingerprint density at radius 3 is 3.00 bits per heavy atom. The number of aryl methyl sites for hydroxylation is 1. The number of carbonyl (C=O) groups excluding carboxylic acids is 1. The second kappa shape index (κ2) is 4.82. The molecule has 1 aromatic heterocycles. The third-order valence-electron chi connectivity index (χ3n) is 1.52. The van der Waals surface area contributed by atoms with Crippen LogP contribution >= 0.6 is 11.3 Å². The fraction of sp³-hybridized carbons (Fsp3) is 0.300. The van der Waals surface area contributed by atoms with Gasteiger partial charge in [0.15, 0.2) is 5.06 Å². The van der Waals surface area contributed by atoms with Crippen molar-refractivity contribution in [1.29, 1.82) is 0 Å². The van der Waals surface area contributed by atoms with Gasteiger partial charge in [-0.15, -0.1) is 11.3 Å². The summed E-state index contributed by atoms with van der Waals surface area (Å²) in [6.45, 7) is 4.25. The molecule has 0 atom stereocenters. The van der Waals surface area contributed by atoms with Crippen molar-refractivity contribution in [1.82, 2.24) is 0 Å². The zero-order valence-corrected chi connectivity index (χ0v) is 8.56. The molecule has 0 saturated heterocycles. The lowest BCUT2D eigenvalue weighted by Crippen LogP contribution is -1.92. The van der Waals surface area contributed by atoms with Crippen molar-refractivity contribution in [3.05, 3.63) is 28.7 Å². The van der Waals surface area contributed by atoms with Gasteiger partial charge in [0, 0.05) is 0 Å². The highest BCUT2D eigenvalue weighted by atomic mass is 32.1. The molecule has 13 heavy (non-hydrogen) atoms. The number of hydrogen-bond acceptors (Lipinski definition) is 3. The van der Waals surface area contributed by atoms with E-state index in [0.717, 1.165) is 11.3 Å². The van der Waals surface area contributed by atoms with Crippen molar-refractivity contribution < 1.29 is 9.53 Å². The monoisotopic (exact) mass is 196 g/mol. The maximum absolute atomic E-state index is 10.2. The van der Waals surface area contributed by atoms with Gasteiger partial charge in [0.05, 0.1) is 0 Å². The van der Waals surface area contributed by atoms with Crippen LogP contribution in [0.4, 0.5) is 0 Å². The molecule has 0 amide bonds. The number of allylic oxidation sites excluding steroid dienone is 1. The Morgan fingerprint density at radius 2 is 2.46 bits per heavy atom. The first-order valence-electron chi connectivity index (χ1n) is 4.02. The fourth-order valence-electron chi connectivity index (χ4n) is 0.784. The lowest BCUT2D eigenvalue weighted by Gasteiger charge is -1.97. The molecule has 2 nitrogen and oxygen atoms in total. The molecule has 0 N–H and O–H groups in total. The molecule has 0 unspecified atom stereocenters. The summed E-state index contributed by atoms with van der Waals surface area (Å²) < 4.78 is 5.38. The van der Waals surface area contributed by atoms with Crippen LogP contribution in [0.2, 0.25) is 0 Å². The van der Waals surface area contributed by atoms with Gasteiger partial charge in [0.2, 0.25) is 0 Å². The Labute approximate surface area is 81.8 Å². The Kier molecular flexibility index (Phi) is 3.71. The van der Waals surface area contributed by atoms with Crippen LogP contribution in [0.5, 0.6) is 5.06 Å². The second-order valence-corrected chi connectivity index (χ2v) is 3.69. The van der Waals surface area contributed by atoms with Crippen molar-refractivity contribution in [3.8, 4) is 5.06 Å². The molecule has 0 fully saturated rings. The van der Waals surface area contributed by atoms with Crippen LogP contribution in [0, 0.1) is 6.92 Å². The minimum absolute atomic E-state index is 0.463. The van der Waals surface area contributed by atoms with Crippen LogP contribution in [-0.4, -0.2) is 12.9 Å². The van der Waals surface area contributed by atoms with E-state index in [1.165, 1.54) is 5.56 Å². The Balaban J connectivity index is 2.39. The molecule has 1 rings (SSSR count). The standard InChI is InChI=1S/C10H12O2S/c1-8(6-11)3-4-12-10-5-9(2)7-13-10/h3,5-7H,4H2,1-2H3. The zero-order valence-electron chi connectivity index (χ0n) is 7.74. The van der Waals surface area contributed by atoms with Gasteiger partial charge in [-0.2, -0.15) is 0 Å². The summed E-state index contributed by atoms with van der Waals surface area (Å²) in [4.78, 5) is 10.2. The fourth-order valence-corrected chi connectivity index (χ4v) is 1.54. The predicted molar refractivity (Wildman–Crippen MR) is 54.4 cm³/mol. The lowest BCUT2D eigenvalue weighted by molar-refractivity contribution is -0.104. The van der Waals surface area contributed by atoms with Gasteiger partial charge in [-0.05, 0) is 42.5 Å². The molecule has 0 aromatic carbocycles. The molecule has 70 valence electrons. The van der Waals surface area contributed by atoms with Gasteiger partial charge < -0.3 is 4.74 Å². The molecule has 0 spiro atoms. The SMILES string of the molecule is CC(C=O)=CCOc1cc(C)cs1. The summed E-state index contributed by atoms with van der Waals surface area (Å²) in [5.41, 5.74) is 1.91. The average Bonchev–Trinajstić information content (AvgIpc) is 2.51. The van der Waals surface area contributed by atoms with Crippen LogP contribution in [-0.2, 0) is 4.79 Å². The van der Waals surface area contributed by atoms with Crippen molar-refractivity contribution in [3.63, 3.8) is 0 Å². The summed E-state index contributed by atoms with van der Waals surface area (Å²) in [6.07, 6.45) is 2.59. The minimum atomic E-state index is 0.463.